The summed E-state index contributed by atoms with van der Waals surface area (Å²) in [6, 6.07) is 23.7. The van der Waals surface area contributed by atoms with Gasteiger partial charge in [0.05, 0.1) is 12.2 Å². The number of aromatic nitrogens is 3. The molecule has 3 aromatic carbocycles. The van der Waals surface area contributed by atoms with Crippen molar-refractivity contribution in [2.45, 2.75) is 33.2 Å². The zero-order valence-electron chi connectivity index (χ0n) is 20.7. The van der Waals surface area contributed by atoms with Crippen molar-refractivity contribution >= 4 is 17.5 Å². The van der Waals surface area contributed by atoms with E-state index in [4.69, 9.17) is 4.74 Å². The molecular weight excluding hydrogens is 450 g/mol. The van der Waals surface area contributed by atoms with Crippen LogP contribution in [0.15, 0.2) is 90.4 Å². The summed E-state index contributed by atoms with van der Waals surface area (Å²) in [4.78, 5) is 17.9. The number of carbonyl (C=O) groups is 1. The molecule has 1 aromatic heterocycles. The summed E-state index contributed by atoms with van der Waals surface area (Å²) in [6.45, 7) is 6.51. The number of rotatable bonds is 7. The summed E-state index contributed by atoms with van der Waals surface area (Å²) < 4.78 is 7.71. The van der Waals surface area contributed by atoms with Crippen molar-refractivity contribution < 1.29 is 9.53 Å². The van der Waals surface area contributed by atoms with E-state index in [1.165, 1.54) is 11.9 Å². The smallest absolute Gasteiger partial charge is 0.255 e. The van der Waals surface area contributed by atoms with Crippen LogP contribution in [0.1, 0.15) is 35.2 Å². The van der Waals surface area contributed by atoms with Gasteiger partial charge >= 0.3 is 0 Å². The van der Waals surface area contributed by atoms with Gasteiger partial charge in [-0.2, -0.15) is 10.1 Å². The number of allylic oxidation sites excluding steroid dienone is 1. The Morgan fingerprint density at radius 2 is 1.81 bits per heavy atom. The number of amides is 1. The quantitative estimate of drug-likeness (QED) is 0.369. The van der Waals surface area contributed by atoms with Gasteiger partial charge in [-0.1, -0.05) is 60.2 Å². The van der Waals surface area contributed by atoms with Crippen molar-refractivity contribution in [3.63, 3.8) is 0 Å². The Labute approximate surface area is 210 Å². The number of fused-ring (bicyclic) bond motifs is 1. The second kappa shape index (κ2) is 10.1. The second-order valence-corrected chi connectivity index (χ2v) is 9.02. The highest BCUT2D eigenvalue weighted by atomic mass is 16.5. The van der Waals surface area contributed by atoms with Crippen LogP contribution in [0.3, 0.4) is 0 Å². The van der Waals surface area contributed by atoms with Crippen LogP contribution in [0, 0.1) is 13.8 Å². The first-order valence-electron chi connectivity index (χ1n) is 12.0. The lowest BCUT2D eigenvalue weighted by Crippen LogP contribution is -2.31. The SMILES string of the molecule is CC1=C(C(=O)Nc2ccc(C)cc2C)C(c2ccc(OCCc3ccccc3)cc2)n2ncnc2N1. The largest absolute Gasteiger partial charge is 0.493 e. The molecule has 4 aromatic rings. The molecule has 5 rings (SSSR count). The van der Waals surface area contributed by atoms with Gasteiger partial charge in [-0.3, -0.25) is 4.79 Å². The third-order valence-electron chi connectivity index (χ3n) is 6.37. The van der Waals surface area contributed by atoms with Crippen LogP contribution in [-0.2, 0) is 11.2 Å². The Morgan fingerprint density at radius 1 is 1.03 bits per heavy atom. The minimum absolute atomic E-state index is 0.179. The monoisotopic (exact) mass is 479 g/mol. The lowest BCUT2D eigenvalue weighted by atomic mass is 9.94. The number of aryl methyl sites for hydroxylation is 2. The minimum Gasteiger partial charge on any atom is -0.493 e. The molecule has 0 fully saturated rings. The average molecular weight is 480 g/mol. The molecule has 1 aliphatic rings. The summed E-state index contributed by atoms with van der Waals surface area (Å²) in [5, 5.41) is 10.7. The molecule has 0 radical (unpaired) electrons. The van der Waals surface area contributed by atoms with Crippen molar-refractivity contribution in [3.8, 4) is 5.75 Å². The van der Waals surface area contributed by atoms with Crippen LogP contribution in [0.4, 0.5) is 11.6 Å². The number of hydrogen-bond donors (Lipinski definition) is 2. The number of ether oxygens (including phenoxy) is 1. The topological polar surface area (TPSA) is 81.1 Å². The Kier molecular flexibility index (Phi) is 6.54. The normalized spacial score (nSPS) is 14.7. The second-order valence-electron chi connectivity index (χ2n) is 9.02. The summed E-state index contributed by atoms with van der Waals surface area (Å²) in [6.07, 6.45) is 2.33. The maximum atomic E-state index is 13.6. The predicted molar refractivity (Wildman–Crippen MR) is 141 cm³/mol. The van der Waals surface area contributed by atoms with Crippen molar-refractivity contribution in [1.82, 2.24) is 14.8 Å². The molecule has 1 atom stereocenters. The van der Waals surface area contributed by atoms with Crippen molar-refractivity contribution in [2.75, 3.05) is 17.2 Å². The number of benzene rings is 3. The number of hydrogen-bond acceptors (Lipinski definition) is 5. The maximum Gasteiger partial charge on any atom is 0.255 e. The highest BCUT2D eigenvalue weighted by molar-refractivity contribution is 6.06. The Bertz CT molecular complexity index is 1410. The van der Waals surface area contributed by atoms with E-state index in [2.05, 4.69) is 38.9 Å². The zero-order chi connectivity index (χ0) is 25.1. The van der Waals surface area contributed by atoms with E-state index in [-0.39, 0.29) is 5.91 Å². The van der Waals surface area contributed by atoms with Gasteiger partial charge in [-0.05, 0) is 55.7 Å². The number of carbonyl (C=O) groups excluding carboxylic acids is 1. The number of nitrogens with one attached hydrogen (secondary N) is 2. The molecule has 7 nitrogen and oxygen atoms in total. The van der Waals surface area contributed by atoms with Crippen molar-refractivity contribution in [2.24, 2.45) is 0 Å². The zero-order valence-corrected chi connectivity index (χ0v) is 20.7. The van der Waals surface area contributed by atoms with Crippen molar-refractivity contribution in [3.05, 3.63) is 113 Å². The van der Waals surface area contributed by atoms with Gasteiger partial charge in [-0.25, -0.2) is 4.68 Å². The lowest BCUT2D eigenvalue weighted by molar-refractivity contribution is -0.113. The Morgan fingerprint density at radius 3 is 2.56 bits per heavy atom. The van der Waals surface area contributed by atoms with E-state index >= 15 is 0 Å². The average Bonchev–Trinajstić information content (AvgIpc) is 3.34. The summed E-state index contributed by atoms with van der Waals surface area (Å²) in [7, 11) is 0. The molecule has 1 amide bonds. The van der Waals surface area contributed by atoms with Gasteiger partial charge in [0.15, 0.2) is 0 Å². The van der Waals surface area contributed by atoms with Crippen LogP contribution < -0.4 is 15.4 Å². The van der Waals surface area contributed by atoms with Gasteiger partial charge in [0.2, 0.25) is 5.95 Å². The molecule has 1 aliphatic heterocycles. The molecule has 2 heterocycles. The Balaban J connectivity index is 1.38. The molecule has 0 saturated carbocycles. The minimum atomic E-state index is -0.423. The van der Waals surface area contributed by atoms with E-state index < -0.39 is 6.04 Å². The summed E-state index contributed by atoms with van der Waals surface area (Å²) >= 11 is 0. The molecule has 36 heavy (non-hydrogen) atoms. The van der Waals surface area contributed by atoms with Gasteiger partial charge in [-0.15, -0.1) is 0 Å². The van der Waals surface area contributed by atoms with E-state index in [0.29, 0.717) is 18.1 Å². The van der Waals surface area contributed by atoms with Crippen LogP contribution in [-0.4, -0.2) is 27.3 Å². The molecule has 1 unspecified atom stereocenters. The van der Waals surface area contributed by atoms with Gasteiger partial charge in [0, 0.05) is 17.8 Å². The fourth-order valence-corrected chi connectivity index (χ4v) is 4.51. The highest BCUT2D eigenvalue weighted by Gasteiger charge is 2.33. The molecule has 0 saturated heterocycles. The van der Waals surface area contributed by atoms with Gasteiger partial charge in [0.1, 0.15) is 18.1 Å². The van der Waals surface area contributed by atoms with E-state index in [0.717, 1.165) is 40.2 Å². The first kappa shape index (κ1) is 23.4. The van der Waals surface area contributed by atoms with Crippen LogP contribution in [0.25, 0.3) is 0 Å². The summed E-state index contributed by atoms with van der Waals surface area (Å²) in [5.41, 5.74) is 6.44. The highest BCUT2D eigenvalue weighted by Crippen LogP contribution is 2.36. The molecule has 7 heteroatoms. The molecule has 0 spiro atoms. The van der Waals surface area contributed by atoms with Crippen LogP contribution in [0.2, 0.25) is 0 Å². The molecule has 2 N–H and O–H groups in total. The standard InChI is InChI=1S/C29H29N5O2/c1-19-9-14-25(20(2)17-19)33-28(35)26-21(3)32-29-30-18-31-34(29)27(26)23-10-12-24(13-11-23)36-16-15-22-7-5-4-6-8-22/h4-14,17-18,27H,15-16H2,1-3H3,(H,33,35)(H,30,31,32). The third-order valence-corrected chi connectivity index (χ3v) is 6.37. The third kappa shape index (κ3) is 4.86. The first-order chi connectivity index (χ1) is 17.5. The number of nitrogens with zero attached hydrogens (tertiary/aromatic N) is 3. The fourth-order valence-electron chi connectivity index (χ4n) is 4.51. The molecule has 182 valence electrons. The van der Waals surface area contributed by atoms with Crippen LogP contribution >= 0.6 is 0 Å². The van der Waals surface area contributed by atoms with Gasteiger partial charge in [0.25, 0.3) is 5.91 Å². The number of anilines is 2. The molecule has 0 aliphatic carbocycles. The fraction of sp³-hybridized carbons (Fsp3) is 0.207. The Hall–Kier alpha value is -4.39. The van der Waals surface area contributed by atoms with Crippen molar-refractivity contribution in [1.29, 1.82) is 0 Å². The van der Waals surface area contributed by atoms with Crippen LogP contribution in [0.5, 0.6) is 5.75 Å². The first-order valence-corrected chi connectivity index (χ1v) is 12.0. The maximum absolute atomic E-state index is 13.6. The van der Waals surface area contributed by atoms with Gasteiger partial charge < -0.3 is 15.4 Å². The van der Waals surface area contributed by atoms with E-state index in [1.807, 2.05) is 75.4 Å². The molecular formula is C29H29N5O2. The lowest BCUT2D eigenvalue weighted by Gasteiger charge is -2.29. The molecule has 0 bridgehead atoms. The van der Waals surface area contributed by atoms with E-state index in [9.17, 15) is 4.79 Å². The van der Waals surface area contributed by atoms with E-state index in [1.54, 1.807) is 4.68 Å². The summed E-state index contributed by atoms with van der Waals surface area (Å²) in [5.74, 6) is 1.20. The predicted octanol–water partition coefficient (Wildman–Crippen LogP) is 5.44.